The van der Waals surface area contributed by atoms with Crippen LogP contribution >= 0.6 is 0 Å². The van der Waals surface area contributed by atoms with Gasteiger partial charge in [-0.2, -0.15) is 0 Å². The highest BCUT2D eigenvalue weighted by Gasteiger charge is 2.35. The van der Waals surface area contributed by atoms with E-state index in [0.29, 0.717) is 12.1 Å². The lowest BCUT2D eigenvalue weighted by molar-refractivity contribution is 0.105. The van der Waals surface area contributed by atoms with Gasteiger partial charge < -0.3 is 4.74 Å². The van der Waals surface area contributed by atoms with Gasteiger partial charge in [0.05, 0.1) is 12.7 Å². The maximum absolute atomic E-state index is 5.62. The first kappa shape index (κ1) is 7.56. The van der Waals surface area contributed by atoms with Crippen LogP contribution in [0, 0.1) is 0 Å². The van der Waals surface area contributed by atoms with Gasteiger partial charge in [0.25, 0.3) is 0 Å². The summed E-state index contributed by atoms with van der Waals surface area (Å²) in [6.07, 6.45) is 3.11. The van der Waals surface area contributed by atoms with Gasteiger partial charge in [-0.3, -0.25) is 4.90 Å². The van der Waals surface area contributed by atoms with E-state index in [1.165, 1.54) is 19.4 Å². The summed E-state index contributed by atoms with van der Waals surface area (Å²) in [6, 6.07) is 1.43. The molecule has 0 aromatic rings. The minimum Gasteiger partial charge on any atom is -0.376 e. The third-order valence-corrected chi connectivity index (χ3v) is 2.90. The summed E-state index contributed by atoms with van der Waals surface area (Å²) in [5.41, 5.74) is 0. The Morgan fingerprint density at radius 1 is 1.45 bits per heavy atom. The van der Waals surface area contributed by atoms with E-state index in [4.69, 9.17) is 4.74 Å². The molecule has 0 unspecified atom stereocenters. The fourth-order valence-corrected chi connectivity index (χ4v) is 2.27. The van der Waals surface area contributed by atoms with Crippen molar-refractivity contribution >= 4 is 0 Å². The van der Waals surface area contributed by atoms with Crippen LogP contribution in [-0.2, 0) is 4.74 Å². The monoisotopic (exact) mass is 155 g/mol. The maximum atomic E-state index is 5.62. The largest absolute Gasteiger partial charge is 0.376 e. The molecule has 2 aliphatic rings. The number of fused-ring (bicyclic) bond motifs is 2. The van der Waals surface area contributed by atoms with Gasteiger partial charge in [0.15, 0.2) is 0 Å². The number of ether oxygens (including phenoxy) is 1. The second kappa shape index (κ2) is 2.76. The van der Waals surface area contributed by atoms with Crippen molar-refractivity contribution in [1.82, 2.24) is 4.90 Å². The van der Waals surface area contributed by atoms with Gasteiger partial charge in [-0.05, 0) is 26.7 Å². The van der Waals surface area contributed by atoms with Crippen molar-refractivity contribution in [3.63, 3.8) is 0 Å². The third-order valence-electron chi connectivity index (χ3n) is 2.90. The molecule has 2 saturated heterocycles. The molecule has 2 heteroatoms. The number of hydrogen-bond donors (Lipinski definition) is 0. The summed E-state index contributed by atoms with van der Waals surface area (Å²) < 4.78 is 5.62. The number of piperidine rings is 1. The van der Waals surface area contributed by atoms with E-state index in [2.05, 4.69) is 18.7 Å². The number of hydrogen-bond acceptors (Lipinski definition) is 2. The van der Waals surface area contributed by atoms with Gasteiger partial charge in [-0.1, -0.05) is 0 Å². The summed E-state index contributed by atoms with van der Waals surface area (Å²) in [5.74, 6) is 0. The Bertz CT molecular complexity index is 146. The zero-order chi connectivity index (χ0) is 7.84. The second-order valence-corrected chi connectivity index (χ2v) is 3.97. The van der Waals surface area contributed by atoms with Crippen LogP contribution in [0.1, 0.15) is 26.7 Å². The van der Waals surface area contributed by atoms with E-state index in [-0.39, 0.29) is 0 Å². The minimum atomic E-state index is 0.593. The van der Waals surface area contributed by atoms with Crippen molar-refractivity contribution in [3.05, 3.63) is 0 Å². The molecular weight excluding hydrogens is 138 g/mol. The Morgan fingerprint density at radius 2 is 2.27 bits per heavy atom. The minimum absolute atomic E-state index is 0.593. The van der Waals surface area contributed by atoms with Crippen LogP contribution in [0.15, 0.2) is 0 Å². The van der Waals surface area contributed by atoms with Crippen LogP contribution in [0.3, 0.4) is 0 Å². The molecule has 2 bridgehead atoms. The molecule has 2 fully saturated rings. The Balaban J connectivity index is 2.01. The first-order chi connectivity index (χ1) is 5.27. The van der Waals surface area contributed by atoms with E-state index in [9.17, 15) is 0 Å². The highest BCUT2D eigenvalue weighted by molar-refractivity contribution is 4.88. The van der Waals surface area contributed by atoms with E-state index in [1.807, 2.05) is 0 Å². The molecule has 0 radical (unpaired) electrons. The number of rotatable bonds is 1. The van der Waals surface area contributed by atoms with Crippen molar-refractivity contribution in [1.29, 1.82) is 0 Å². The molecule has 0 aliphatic carbocycles. The molecule has 0 amide bonds. The fraction of sp³-hybridized carbons (Fsp3) is 1.00. The smallest absolute Gasteiger partial charge is 0.0626 e. The van der Waals surface area contributed by atoms with Gasteiger partial charge in [0.2, 0.25) is 0 Å². The lowest BCUT2D eigenvalue weighted by Crippen LogP contribution is -2.44. The number of likely N-dealkylation sites (tertiary alicyclic amines) is 1. The van der Waals surface area contributed by atoms with Crippen molar-refractivity contribution in [2.45, 2.75) is 44.9 Å². The molecule has 2 aliphatic heterocycles. The Morgan fingerprint density at radius 3 is 3.00 bits per heavy atom. The third kappa shape index (κ3) is 1.30. The lowest BCUT2D eigenvalue weighted by Gasteiger charge is -2.34. The Labute approximate surface area is 68.5 Å². The van der Waals surface area contributed by atoms with Crippen LogP contribution in [0.4, 0.5) is 0 Å². The molecule has 0 spiro atoms. The van der Waals surface area contributed by atoms with E-state index in [1.54, 1.807) is 0 Å². The average Bonchev–Trinajstić information content (AvgIpc) is 2.32. The predicted octanol–water partition coefficient (Wildman–Crippen LogP) is 1.26. The molecule has 0 aromatic heterocycles. The quantitative estimate of drug-likeness (QED) is 0.565. The van der Waals surface area contributed by atoms with Gasteiger partial charge >= 0.3 is 0 Å². The van der Waals surface area contributed by atoms with Gasteiger partial charge in [0.1, 0.15) is 0 Å². The van der Waals surface area contributed by atoms with E-state index < -0.39 is 0 Å². The first-order valence-corrected chi connectivity index (χ1v) is 4.64. The summed E-state index contributed by atoms with van der Waals surface area (Å²) >= 11 is 0. The van der Waals surface area contributed by atoms with Crippen molar-refractivity contribution in [3.8, 4) is 0 Å². The molecule has 64 valence electrons. The predicted molar refractivity (Wildman–Crippen MR) is 44.6 cm³/mol. The summed E-state index contributed by atoms with van der Waals surface area (Å²) in [5, 5.41) is 0. The van der Waals surface area contributed by atoms with Crippen LogP contribution < -0.4 is 0 Å². The average molecular weight is 155 g/mol. The molecule has 0 N–H and O–H groups in total. The van der Waals surface area contributed by atoms with Crippen LogP contribution in [0.25, 0.3) is 0 Å². The Kier molecular flexibility index (Phi) is 1.90. The molecule has 2 rings (SSSR count). The Hall–Kier alpha value is -0.0800. The molecule has 0 aromatic carbocycles. The number of nitrogens with zero attached hydrogens (tertiary/aromatic N) is 1. The maximum Gasteiger partial charge on any atom is 0.0626 e. The standard InChI is InChI=1S/C9H17NO/c1-7(2)10-4-3-9-5-8(10)6-11-9/h7-9H,3-6H2,1-2H3/t8-,9+/m0/s1. The zero-order valence-corrected chi connectivity index (χ0v) is 7.42. The van der Waals surface area contributed by atoms with Crippen molar-refractivity contribution < 1.29 is 4.74 Å². The molecule has 0 saturated carbocycles. The highest BCUT2D eigenvalue weighted by atomic mass is 16.5. The van der Waals surface area contributed by atoms with Crippen LogP contribution in [0.2, 0.25) is 0 Å². The van der Waals surface area contributed by atoms with Crippen molar-refractivity contribution in [2.24, 2.45) is 0 Å². The summed E-state index contributed by atoms with van der Waals surface area (Å²) in [7, 11) is 0. The summed E-state index contributed by atoms with van der Waals surface area (Å²) in [4.78, 5) is 2.57. The van der Waals surface area contributed by atoms with E-state index in [0.717, 1.165) is 12.6 Å². The van der Waals surface area contributed by atoms with Gasteiger partial charge in [0, 0.05) is 18.6 Å². The first-order valence-electron chi connectivity index (χ1n) is 4.64. The fourth-order valence-electron chi connectivity index (χ4n) is 2.27. The van der Waals surface area contributed by atoms with E-state index >= 15 is 0 Å². The molecular formula is C9H17NO. The molecule has 2 nitrogen and oxygen atoms in total. The highest BCUT2D eigenvalue weighted by Crippen LogP contribution is 2.28. The van der Waals surface area contributed by atoms with Crippen molar-refractivity contribution in [2.75, 3.05) is 13.2 Å². The SMILES string of the molecule is CC(C)N1CC[C@@H]2C[C@H]1CO2. The zero-order valence-electron chi connectivity index (χ0n) is 7.42. The normalized spacial score (nSPS) is 38.5. The molecule has 11 heavy (non-hydrogen) atoms. The molecule has 2 heterocycles. The van der Waals surface area contributed by atoms with Crippen LogP contribution in [-0.4, -0.2) is 36.2 Å². The second-order valence-electron chi connectivity index (χ2n) is 3.97. The summed E-state index contributed by atoms with van der Waals surface area (Å²) in [6.45, 7) is 6.77. The molecule has 2 atom stereocenters. The lowest BCUT2D eigenvalue weighted by atomic mass is 10.0. The topological polar surface area (TPSA) is 12.5 Å². The van der Waals surface area contributed by atoms with Gasteiger partial charge in [-0.15, -0.1) is 0 Å². The van der Waals surface area contributed by atoms with Crippen LogP contribution in [0.5, 0.6) is 0 Å². The van der Waals surface area contributed by atoms with Gasteiger partial charge in [-0.25, -0.2) is 0 Å².